The number of imidazole rings is 1. The molecule has 6 nitrogen and oxygen atoms in total. The summed E-state index contributed by atoms with van der Waals surface area (Å²) in [6.45, 7) is 4.33. The Labute approximate surface area is 159 Å². The van der Waals surface area contributed by atoms with E-state index in [0.29, 0.717) is 12.5 Å². The molecule has 0 spiro atoms. The Kier molecular flexibility index (Phi) is 8.19. The number of hydrogen-bond acceptors (Lipinski definition) is 3. The maximum Gasteiger partial charge on any atom is 0.319 e. The fourth-order valence-electron chi connectivity index (χ4n) is 3.03. The van der Waals surface area contributed by atoms with Gasteiger partial charge in [-0.2, -0.15) is 8.78 Å². The first-order valence-electron chi connectivity index (χ1n) is 9.14. The number of guanidine groups is 1. The number of halogens is 2. The Bertz CT molecular complexity index is 697. The SMILES string of the molecule is CCN(CC)C(CNC(=NC)NCc1nccn1C(F)F)c1ccccc1. The summed E-state index contributed by atoms with van der Waals surface area (Å²) in [5, 5.41) is 6.35. The van der Waals surface area contributed by atoms with Crippen LogP contribution in [0.15, 0.2) is 47.7 Å². The van der Waals surface area contributed by atoms with Gasteiger partial charge in [0.1, 0.15) is 5.82 Å². The van der Waals surface area contributed by atoms with Crippen molar-refractivity contribution in [3.05, 3.63) is 54.1 Å². The van der Waals surface area contributed by atoms with Gasteiger partial charge in [-0.1, -0.05) is 44.2 Å². The lowest BCUT2D eigenvalue weighted by Gasteiger charge is -2.30. The van der Waals surface area contributed by atoms with Crippen molar-refractivity contribution in [2.75, 3.05) is 26.7 Å². The average molecular weight is 378 g/mol. The number of aromatic nitrogens is 2. The molecule has 1 aromatic carbocycles. The first-order valence-corrected chi connectivity index (χ1v) is 9.14. The quantitative estimate of drug-likeness (QED) is 0.520. The topological polar surface area (TPSA) is 57.5 Å². The van der Waals surface area contributed by atoms with Gasteiger partial charge in [-0.15, -0.1) is 0 Å². The summed E-state index contributed by atoms with van der Waals surface area (Å²) in [7, 11) is 1.66. The fraction of sp³-hybridized carbons (Fsp3) is 0.474. The van der Waals surface area contributed by atoms with Gasteiger partial charge in [-0.25, -0.2) is 4.98 Å². The van der Waals surface area contributed by atoms with Crippen LogP contribution in [0.4, 0.5) is 8.78 Å². The van der Waals surface area contributed by atoms with Crippen LogP contribution >= 0.6 is 0 Å². The molecule has 1 aromatic heterocycles. The van der Waals surface area contributed by atoms with Gasteiger partial charge in [-0.3, -0.25) is 14.5 Å². The first kappa shape index (κ1) is 20.8. The van der Waals surface area contributed by atoms with Crippen molar-refractivity contribution in [2.45, 2.75) is 33.0 Å². The van der Waals surface area contributed by atoms with E-state index in [4.69, 9.17) is 0 Å². The smallest absolute Gasteiger partial charge is 0.319 e. The predicted molar refractivity (Wildman–Crippen MR) is 104 cm³/mol. The van der Waals surface area contributed by atoms with Crippen molar-refractivity contribution >= 4 is 5.96 Å². The van der Waals surface area contributed by atoms with E-state index in [2.05, 4.69) is 51.5 Å². The molecule has 27 heavy (non-hydrogen) atoms. The third-order valence-corrected chi connectivity index (χ3v) is 4.50. The molecular formula is C19H28F2N6. The van der Waals surface area contributed by atoms with Crippen molar-refractivity contribution in [1.29, 1.82) is 0 Å². The molecule has 2 N–H and O–H groups in total. The Morgan fingerprint density at radius 3 is 2.48 bits per heavy atom. The van der Waals surface area contributed by atoms with Gasteiger partial charge in [0.05, 0.1) is 12.6 Å². The van der Waals surface area contributed by atoms with E-state index < -0.39 is 6.55 Å². The van der Waals surface area contributed by atoms with Crippen LogP contribution in [0, 0.1) is 0 Å². The number of nitrogens with one attached hydrogen (secondary N) is 2. The average Bonchev–Trinajstić information content (AvgIpc) is 3.17. The van der Waals surface area contributed by atoms with Crippen LogP contribution in [0.3, 0.4) is 0 Å². The minimum absolute atomic E-state index is 0.165. The molecule has 0 aliphatic rings. The summed E-state index contributed by atoms with van der Waals surface area (Å²) in [6, 6.07) is 10.5. The van der Waals surface area contributed by atoms with Crippen molar-refractivity contribution in [3.63, 3.8) is 0 Å². The van der Waals surface area contributed by atoms with E-state index in [9.17, 15) is 8.78 Å². The largest absolute Gasteiger partial charge is 0.354 e. The third kappa shape index (κ3) is 5.75. The predicted octanol–water partition coefficient (Wildman–Crippen LogP) is 3.03. The molecule has 0 aliphatic carbocycles. The molecule has 2 aromatic rings. The van der Waals surface area contributed by atoms with E-state index in [1.54, 1.807) is 7.05 Å². The molecule has 8 heteroatoms. The number of alkyl halides is 2. The highest BCUT2D eigenvalue weighted by molar-refractivity contribution is 5.79. The Balaban J connectivity index is 2.00. The van der Waals surface area contributed by atoms with E-state index in [0.717, 1.165) is 17.7 Å². The fourth-order valence-corrected chi connectivity index (χ4v) is 3.03. The molecule has 1 heterocycles. The minimum Gasteiger partial charge on any atom is -0.354 e. The van der Waals surface area contributed by atoms with E-state index in [1.807, 2.05) is 18.2 Å². The van der Waals surface area contributed by atoms with Gasteiger partial charge in [0.15, 0.2) is 5.96 Å². The number of aliphatic imine (C=N–C) groups is 1. The Morgan fingerprint density at radius 2 is 1.89 bits per heavy atom. The van der Waals surface area contributed by atoms with E-state index in [-0.39, 0.29) is 18.4 Å². The summed E-state index contributed by atoms with van der Waals surface area (Å²) in [5.41, 5.74) is 1.22. The normalized spacial score (nSPS) is 13.2. The molecule has 0 aliphatic heterocycles. The van der Waals surface area contributed by atoms with Crippen LogP contribution in [-0.2, 0) is 6.54 Å². The maximum absolute atomic E-state index is 12.9. The van der Waals surface area contributed by atoms with Crippen molar-refractivity contribution in [1.82, 2.24) is 25.1 Å². The van der Waals surface area contributed by atoms with Crippen LogP contribution < -0.4 is 10.6 Å². The zero-order valence-corrected chi connectivity index (χ0v) is 16.1. The number of benzene rings is 1. The molecule has 0 amide bonds. The molecule has 0 saturated carbocycles. The van der Waals surface area contributed by atoms with Crippen LogP contribution in [0.25, 0.3) is 0 Å². The van der Waals surface area contributed by atoms with Crippen LogP contribution in [0.5, 0.6) is 0 Å². The second-order valence-electron chi connectivity index (χ2n) is 5.98. The van der Waals surface area contributed by atoms with Crippen LogP contribution in [-0.4, -0.2) is 47.1 Å². The highest BCUT2D eigenvalue weighted by atomic mass is 19.3. The number of nitrogens with zero attached hydrogens (tertiary/aromatic N) is 4. The monoisotopic (exact) mass is 378 g/mol. The zero-order chi connectivity index (χ0) is 19.6. The number of likely N-dealkylation sites (N-methyl/N-ethyl adjacent to an activating group) is 1. The van der Waals surface area contributed by atoms with Gasteiger partial charge >= 0.3 is 6.55 Å². The van der Waals surface area contributed by atoms with E-state index in [1.165, 1.54) is 18.0 Å². The molecule has 148 valence electrons. The third-order valence-electron chi connectivity index (χ3n) is 4.50. The molecular weight excluding hydrogens is 350 g/mol. The van der Waals surface area contributed by atoms with Crippen LogP contribution in [0.1, 0.15) is 37.8 Å². The molecule has 1 unspecified atom stereocenters. The van der Waals surface area contributed by atoms with Gasteiger partial charge in [-0.05, 0) is 18.7 Å². The number of rotatable bonds is 9. The molecule has 1 atom stereocenters. The minimum atomic E-state index is -2.61. The van der Waals surface area contributed by atoms with Gasteiger partial charge in [0, 0.05) is 26.0 Å². The molecule has 2 rings (SSSR count). The molecule has 0 saturated heterocycles. The maximum atomic E-state index is 12.9. The molecule has 0 radical (unpaired) electrons. The van der Waals surface area contributed by atoms with Crippen LogP contribution in [0.2, 0.25) is 0 Å². The lowest BCUT2D eigenvalue weighted by atomic mass is 10.1. The summed E-state index contributed by atoms with van der Waals surface area (Å²) < 4.78 is 26.7. The van der Waals surface area contributed by atoms with Crippen molar-refractivity contribution in [3.8, 4) is 0 Å². The van der Waals surface area contributed by atoms with Gasteiger partial charge in [0.25, 0.3) is 0 Å². The van der Waals surface area contributed by atoms with Crippen molar-refractivity contribution in [2.24, 2.45) is 4.99 Å². The Morgan fingerprint density at radius 1 is 1.19 bits per heavy atom. The first-order chi connectivity index (χ1) is 13.1. The lowest BCUT2D eigenvalue weighted by Crippen LogP contribution is -2.43. The zero-order valence-electron chi connectivity index (χ0n) is 16.1. The standard InChI is InChI=1S/C19H28F2N6/c1-4-26(5-2)16(15-9-7-6-8-10-15)13-24-19(22-3)25-14-17-23-11-12-27(17)18(20)21/h6-12,16,18H,4-5,13-14H2,1-3H3,(H2,22,24,25). The summed E-state index contributed by atoms with van der Waals surface area (Å²) >= 11 is 0. The lowest BCUT2D eigenvalue weighted by molar-refractivity contribution is 0.0668. The highest BCUT2D eigenvalue weighted by Crippen LogP contribution is 2.19. The Hall–Kier alpha value is -2.48. The molecule has 0 bridgehead atoms. The summed E-state index contributed by atoms with van der Waals surface area (Å²) in [4.78, 5) is 10.5. The van der Waals surface area contributed by atoms with E-state index >= 15 is 0 Å². The second kappa shape index (κ2) is 10.6. The molecule has 0 fully saturated rings. The van der Waals surface area contributed by atoms with Gasteiger partial charge < -0.3 is 10.6 Å². The number of hydrogen-bond donors (Lipinski definition) is 2. The highest BCUT2D eigenvalue weighted by Gasteiger charge is 2.18. The summed E-state index contributed by atoms with van der Waals surface area (Å²) in [5.74, 6) is 0.809. The second-order valence-corrected chi connectivity index (χ2v) is 5.98. The van der Waals surface area contributed by atoms with Crippen molar-refractivity contribution < 1.29 is 8.78 Å². The summed E-state index contributed by atoms with van der Waals surface area (Å²) in [6.07, 6.45) is 2.63. The van der Waals surface area contributed by atoms with Gasteiger partial charge in [0.2, 0.25) is 0 Å².